The average molecular weight is 323 g/mol. The molecule has 6 heteroatoms. The first-order chi connectivity index (χ1) is 11.7. The van der Waals surface area contributed by atoms with Gasteiger partial charge in [-0.15, -0.1) is 0 Å². The van der Waals surface area contributed by atoms with Crippen LogP contribution in [-0.4, -0.2) is 29.5 Å². The third-order valence-corrected chi connectivity index (χ3v) is 3.47. The highest BCUT2D eigenvalue weighted by atomic mass is 16.5. The number of fused-ring (bicyclic) bond motifs is 1. The Labute approximate surface area is 139 Å². The second kappa shape index (κ2) is 6.87. The molecule has 0 bridgehead atoms. The number of aromatic nitrogens is 2. The number of carbonyl (C=O) groups is 1. The number of nitrogens with one attached hydrogen (secondary N) is 1. The fraction of sp³-hybridized carbons (Fsp3) is 0.111. The van der Waals surface area contributed by atoms with Gasteiger partial charge < -0.3 is 19.2 Å². The second-order valence-electron chi connectivity index (χ2n) is 5.04. The van der Waals surface area contributed by atoms with Gasteiger partial charge in [0.1, 0.15) is 17.1 Å². The first-order valence-corrected chi connectivity index (χ1v) is 7.34. The van der Waals surface area contributed by atoms with Gasteiger partial charge >= 0.3 is 0 Å². The minimum Gasteiger partial charge on any atom is -0.497 e. The van der Waals surface area contributed by atoms with Crippen LogP contribution in [0.2, 0.25) is 0 Å². The summed E-state index contributed by atoms with van der Waals surface area (Å²) in [6.45, 7) is 0. The van der Waals surface area contributed by atoms with Gasteiger partial charge in [0.15, 0.2) is 0 Å². The number of benzene rings is 1. The van der Waals surface area contributed by atoms with Crippen molar-refractivity contribution in [3.8, 4) is 11.5 Å². The standard InChI is InChI=1S/C18H17N3O3/c1-23-15-9-13(10-16(11-15)24-2)20-18(22)7-6-14-12-19-17-5-3-4-8-21(14)17/h3-12H,1-2H3,(H,20,22)/b7-6+. The van der Waals surface area contributed by atoms with E-state index in [0.29, 0.717) is 17.2 Å². The van der Waals surface area contributed by atoms with E-state index in [-0.39, 0.29) is 5.91 Å². The summed E-state index contributed by atoms with van der Waals surface area (Å²) in [7, 11) is 3.12. The molecule has 1 N–H and O–H groups in total. The number of imidazole rings is 1. The van der Waals surface area contributed by atoms with Crippen LogP contribution in [0.4, 0.5) is 5.69 Å². The molecule has 3 rings (SSSR count). The van der Waals surface area contributed by atoms with Crippen molar-refractivity contribution in [2.45, 2.75) is 0 Å². The van der Waals surface area contributed by atoms with Crippen LogP contribution in [0.5, 0.6) is 11.5 Å². The van der Waals surface area contributed by atoms with Gasteiger partial charge in [0.05, 0.1) is 26.1 Å². The Bertz CT molecular complexity index is 877. The SMILES string of the molecule is COc1cc(NC(=O)/C=C/c2cnc3ccccn23)cc(OC)c1. The Morgan fingerprint density at radius 2 is 1.92 bits per heavy atom. The molecular formula is C18H17N3O3. The lowest BCUT2D eigenvalue weighted by Crippen LogP contribution is -2.08. The van der Waals surface area contributed by atoms with Crippen LogP contribution < -0.4 is 14.8 Å². The largest absolute Gasteiger partial charge is 0.497 e. The van der Waals surface area contributed by atoms with Gasteiger partial charge in [0.2, 0.25) is 5.91 Å². The van der Waals surface area contributed by atoms with Gasteiger partial charge in [-0.25, -0.2) is 4.98 Å². The van der Waals surface area contributed by atoms with Crippen molar-refractivity contribution in [1.82, 2.24) is 9.38 Å². The van der Waals surface area contributed by atoms with Crippen molar-refractivity contribution < 1.29 is 14.3 Å². The van der Waals surface area contributed by atoms with E-state index in [0.717, 1.165) is 11.3 Å². The molecule has 0 atom stereocenters. The van der Waals surface area contributed by atoms with Crippen molar-refractivity contribution >= 4 is 23.3 Å². The molecule has 0 saturated heterocycles. The highest BCUT2D eigenvalue weighted by molar-refractivity contribution is 6.02. The third kappa shape index (κ3) is 3.38. The lowest BCUT2D eigenvalue weighted by atomic mass is 10.2. The van der Waals surface area contributed by atoms with E-state index in [2.05, 4.69) is 10.3 Å². The Morgan fingerprint density at radius 3 is 2.62 bits per heavy atom. The summed E-state index contributed by atoms with van der Waals surface area (Å²) in [6.07, 6.45) is 6.79. The van der Waals surface area contributed by atoms with Crippen LogP contribution >= 0.6 is 0 Å². The highest BCUT2D eigenvalue weighted by Gasteiger charge is 2.05. The molecule has 2 heterocycles. The van der Waals surface area contributed by atoms with E-state index < -0.39 is 0 Å². The monoisotopic (exact) mass is 323 g/mol. The van der Waals surface area contributed by atoms with Crippen molar-refractivity contribution in [3.05, 3.63) is 60.6 Å². The average Bonchev–Trinajstić information content (AvgIpc) is 3.02. The fourth-order valence-corrected chi connectivity index (χ4v) is 2.30. The molecule has 24 heavy (non-hydrogen) atoms. The summed E-state index contributed by atoms with van der Waals surface area (Å²) >= 11 is 0. The molecule has 3 aromatic rings. The predicted molar refractivity (Wildman–Crippen MR) is 92.4 cm³/mol. The van der Waals surface area contributed by atoms with E-state index in [1.807, 2.05) is 28.8 Å². The second-order valence-corrected chi connectivity index (χ2v) is 5.04. The van der Waals surface area contributed by atoms with Gasteiger partial charge in [-0.2, -0.15) is 0 Å². The molecule has 1 amide bonds. The number of rotatable bonds is 5. The number of ether oxygens (including phenoxy) is 2. The summed E-state index contributed by atoms with van der Waals surface area (Å²) < 4.78 is 12.3. The zero-order valence-corrected chi connectivity index (χ0v) is 13.4. The van der Waals surface area contributed by atoms with Crippen LogP contribution in [0.1, 0.15) is 5.69 Å². The van der Waals surface area contributed by atoms with Crippen LogP contribution in [0.3, 0.4) is 0 Å². The highest BCUT2D eigenvalue weighted by Crippen LogP contribution is 2.25. The number of pyridine rings is 1. The zero-order chi connectivity index (χ0) is 16.9. The van der Waals surface area contributed by atoms with E-state index in [1.165, 1.54) is 6.08 Å². The first kappa shape index (κ1) is 15.6. The maximum Gasteiger partial charge on any atom is 0.248 e. The van der Waals surface area contributed by atoms with E-state index in [9.17, 15) is 4.79 Å². The minimum atomic E-state index is -0.254. The van der Waals surface area contributed by atoms with Crippen molar-refractivity contribution in [2.75, 3.05) is 19.5 Å². The van der Waals surface area contributed by atoms with Crippen molar-refractivity contribution in [3.63, 3.8) is 0 Å². The first-order valence-electron chi connectivity index (χ1n) is 7.34. The topological polar surface area (TPSA) is 64.9 Å². The molecule has 1 aromatic carbocycles. The summed E-state index contributed by atoms with van der Waals surface area (Å²) in [5, 5.41) is 2.79. The quantitative estimate of drug-likeness (QED) is 0.733. The van der Waals surface area contributed by atoms with Crippen molar-refractivity contribution in [2.24, 2.45) is 0 Å². The molecule has 0 aliphatic rings. The summed E-state index contributed by atoms with van der Waals surface area (Å²) in [4.78, 5) is 16.4. The lowest BCUT2D eigenvalue weighted by Gasteiger charge is -2.08. The van der Waals surface area contributed by atoms with Crippen molar-refractivity contribution in [1.29, 1.82) is 0 Å². The summed E-state index contributed by atoms with van der Waals surface area (Å²) in [5.74, 6) is 0.960. The molecule has 0 spiro atoms. The van der Waals surface area contributed by atoms with Crippen LogP contribution in [0.15, 0.2) is 54.9 Å². The number of hydrogen-bond donors (Lipinski definition) is 1. The number of anilines is 1. The number of methoxy groups -OCH3 is 2. The summed E-state index contributed by atoms with van der Waals surface area (Å²) in [5.41, 5.74) is 2.25. The maximum atomic E-state index is 12.1. The fourth-order valence-electron chi connectivity index (χ4n) is 2.30. The molecule has 6 nitrogen and oxygen atoms in total. The summed E-state index contributed by atoms with van der Waals surface area (Å²) in [6, 6.07) is 10.9. The molecule has 0 fully saturated rings. The molecule has 122 valence electrons. The molecule has 0 aliphatic carbocycles. The van der Waals surface area contributed by atoms with E-state index in [4.69, 9.17) is 9.47 Å². The van der Waals surface area contributed by atoms with Gasteiger partial charge in [0.25, 0.3) is 0 Å². The van der Waals surface area contributed by atoms with E-state index in [1.54, 1.807) is 44.7 Å². The lowest BCUT2D eigenvalue weighted by molar-refractivity contribution is -0.111. The molecular weight excluding hydrogens is 306 g/mol. The molecule has 0 aliphatic heterocycles. The van der Waals surface area contributed by atoms with Crippen LogP contribution in [0, 0.1) is 0 Å². The molecule has 0 saturated carbocycles. The number of amides is 1. The third-order valence-electron chi connectivity index (χ3n) is 3.47. The molecule has 2 aromatic heterocycles. The van der Waals surface area contributed by atoms with Crippen LogP contribution in [0.25, 0.3) is 11.7 Å². The normalized spacial score (nSPS) is 10.9. The molecule has 0 radical (unpaired) electrons. The number of hydrogen-bond acceptors (Lipinski definition) is 4. The Morgan fingerprint density at radius 1 is 1.17 bits per heavy atom. The van der Waals surface area contributed by atoms with Crippen LogP contribution in [-0.2, 0) is 4.79 Å². The maximum absolute atomic E-state index is 12.1. The Balaban J connectivity index is 1.76. The minimum absolute atomic E-state index is 0.254. The number of nitrogens with zero attached hydrogens (tertiary/aromatic N) is 2. The zero-order valence-electron chi connectivity index (χ0n) is 13.4. The van der Waals surface area contributed by atoms with Gasteiger partial charge in [0, 0.05) is 36.2 Å². The van der Waals surface area contributed by atoms with E-state index >= 15 is 0 Å². The van der Waals surface area contributed by atoms with Gasteiger partial charge in [-0.3, -0.25) is 4.79 Å². The number of carbonyl (C=O) groups excluding carboxylic acids is 1. The molecule has 0 unspecified atom stereocenters. The Kier molecular flexibility index (Phi) is 4.47. The van der Waals surface area contributed by atoms with Gasteiger partial charge in [-0.05, 0) is 18.2 Å². The van der Waals surface area contributed by atoms with Gasteiger partial charge in [-0.1, -0.05) is 6.07 Å². The smallest absolute Gasteiger partial charge is 0.248 e. The predicted octanol–water partition coefficient (Wildman–Crippen LogP) is 3.00. The Hall–Kier alpha value is -3.28.